The molecule has 0 aromatic heterocycles. The predicted molar refractivity (Wildman–Crippen MR) is 69.0 cm³/mol. The van der Waals surface area contributed by atoms with Crippen LogP contribution in [0.2, 0.25) is 0 Å². The molecule has 0 spiro atoms. The van der Waals surface area contributed by atoms with Crippen LogP contribution in [0.15, 0.2) is 18.2 Å². The lowest BCUT2D eigenvalue weighted by Gasteiger charge is -2.21. The topological polar surface area (TPSA) is 79.2 Å². The first kappa shape index (κ1) is 16.6. The zero-order chi connectivity index (χ0) is 16.0. The van der Waals surface area contributed by atoms with Crippen LogP contribution in [-0.2, 0) is 9.53 Å². The maximum Gasteiger partial charge on any atom is 0.328 e. The highest BCUT2D eigenvalue weighted by molar-refractivity contribution is 5.96. The van der Waals surface area contributed by atoms with E-state index in [1.54, 1.807) is 6.92 Å². The largest absolute Gasteiger partial charge is 0.467 e. The quantitative estimate of drug-likeness (QED) is 0.840. The molecule has 1 amide bonds. The first-order valence-corrected chi connectivity index (χ1v) is 6.10. The number of halogens is 2. The van der Waals surface area contributed by atoms with Gasteiger partial charge in [-0.15, -0.1) is 0 Å². The third kappa shape index (κ3) is 4.53. The average Bonchev–Trinajstić information content (AvgIpc) is 2.42. The van der Waals surface area contributed by atoms with E-state index in [0.717, 1.165) is 19.2 Å². The van der Waals surface area contributed by atoms with Gasteiger partial charge in [0.25, 0.3) is 5.91 Å². The minimum atomic E-state index is -1.08. The van der Waals surface area contributed by atoms with E-state index in [-0.39, 0.29) is 12.0 Å². The van der Waals surface area contributed by atoms with E-state index < -0.39 is 35.5 Å². The molecule has 0 fully saturated rings. The monoisotopic (exact) mass is 296 g/mol. The van der Waals surface area contributed by atoms with Crippen molar-refractivity contribution in [2.45, 2.75) is 19.4 Å². The van der Waals surface area contributed by atoms with E-state index >= 15 is 0 Å². The number of amides is 1. The molecule has 0 saturated heterocycles. The summed E-state index contributed by atoms with van der Waals surface area (Å²) >= 11 is 0. The van der Waals surface area contributed by atoms with Crippen molar-refractivity contribution >= 4 is 11.9 Å². The summed E-state index contributed by atoms with van der Waals surface area (Å²) in [6, 6.07) is 3.13. The van der Waals surface area contributed by atoms with Crippen molar-refractivity contribution in [3.05, 3.63) is 35.4 Å². The van der Waals surface area contributed by atoms with E-state index in [1.165, 1.54) is 0 Å². The van der Waals surface area contributed by atoms with E-state index in [0.29, 0.717) is 6.07 Å². The van der Waals surface area contributed by atoms with E-state index in [4.69, 9.17) is 5.26 Å². The molecule has 0 aliphatic heterocycles. The predicted octanol–water partition coefficient (Wildman–Crippen LogP) is 1.79. The van der Waals surface area contributed by atoms with Gasteiger partial charge in [-0.1, -0.05) is 6.92 Å². The molecule has 0 saturated carbocycles. The van der Waals surface area contributed by atoms with Gasteiger partial charge in [-0.2, -0.15) is 5.26 Å². The van der Waals surface area contributed by atoms with Crippen molar-refractivity contribution in [1.29, 1.82) is 5.26 Å². The van der Waals surface area contributed by atoms with Crippen molar-refractivity contribution in [2.75, 3.05) is 7.11 Å². The van der Waals surface area contributed by atoms with Crippen molar-refractivity contribution in [3.63, 3.8) is 0 Å². The Morgan fingerprint density at radius 2 is 1.90 bits per heavy atom. The number of rotatable bonds is 5. The zero-order valence-corrected chi connectivity index (χ0v) is 11.5. The summed E-state index contributed by atoms with van der Waals surface area (Å²) < 4.78 is 30.7. The molecule has 0 heterocycles. The smallest absolute Gasteiger partial charge is 0.328 e. The first-order chi connectivity index (χ1) is 9.88. The van der Waals surface area contributed by atoms with Gasteiger partial charge < -0.3 is 10.1 Å². The van der Waals surface area contributed by atoms with Crippen LogP contribution in [0.3, 0.4) is 0 Å². The summed E-state index contributed by atoms with van der Waals surface area (Å²) in [5, 5.41) is 11.0. The molecule has 1 aromatic carbocycles. The number of carbonyl (C=O) groups is 2. The van der Waals surface area contributed by atoms with Crippen LogP contribution in [0.25, 0.3) is 0 Å². The molecule has 0 aliphatic carbocycles. The molecule has 0 bridgehead atoms. The van der Waals surface area contributed by atoms with Crippen LogP contribution in [0.5, 0.6) is 0 Å². The summed E-state index contributed by atoms with van der Waals surface area (Å²) in [4.78, 5) is 23.6. The van der Waals surface area contributed by atoms with Gasteiger partial charge in [-0.3, -0.25) is 4.79 Å². The minimum absolute atomic E-state index is 0.0115. The van der Waals surface area contributed by atoms with Gasteiger partial charge >= 0.3 is 5.97 Å². The molecule has 5 nitrogen and oxygen atoms in total. The van der Waals surface area contributed by atoms with Crippen LogP contribution < -0.4 is 5.32 Å². The van der Waals surface area contributed by atoms with Crippen LogP contribution in [0.4, 0.5) is 8.78 Å². The Morgan fingerprint density at radius 3 is 2.38 bits per heavy atom. The number of esters is 1. The molecule has 2 atom stereocenters. The second kappa shape index (κ2) is 7.33. The fourth-order valence-corrected chi connectivity index (χ4v) is 1.73. The third-order valence-corrected chi connectivity index (χ3v) is 2.85. The molecule has 1 aromatic rings. The molecule has 0 radical (unpaired) electrons. The number of hydrogen-bond acceptors (Lipinski definition) is 4. The summed E-state index contributed by atoms with van der Waals surface area (Å²) in [5.41, 5.74) is -0.259. The summed E-state index contributed by atoms with van der Waals surface area (Å²) in [6.07, 6.45) is 0.0115. The van der Waals surface area contributed by atoms with E-state index in [2.05, 4.69) is 10.1 Å². The lowest BCUT2D eigenvalue weighted by molar-refractivity contribution is -0.144. The normalized spacial score (nSPS) is 12.9. The van der Waals surface area contributed by atoms with Gasteiger partial charge in [0.15, 0.2) is 0 Å². The van der Waals surface area contributed by atoms with Crippen LogP contribution in [-0.4, -0.2) is 25.0 Å². The summed E-state index contributed by atoms with van der Waals surface area (Å²) in [7, 11) is 1.14. The highest BCUT2D eigenvalue weighted by Crippen LogP contribution is 2.12. The standard InChI is InChI=1S/C14H14F2N2O3/c1-8(3-4-17)12(14(20)21-2)18-13(19)9-5-10(15)7-11(16)6-9/h5-8,12H,3H2,1-2H3,(H,18,19)/t8-,12-/m0/s1. The average molecular weight is 296 g/mol. The van der Waals surface area contributed by atoms with Gasteiger partial charge in [0.1, 0.15) is 17.7 Å². The van der Waals surface area contributed by atoms with Crippen molar-refractivity contribution < 1.29 is 23.1 Å². The fourth-order valence-electron chi connectivity index (χ4n) is 1.73. The Bertz CT molecular complexity index is 564. The van der Waals surface area contributed by atoms with Crippen molar-refractivity contribution in [2.24, 2.45) is 5.92 Å². The fraction of sp³-hybridized carbons (Fsp3) is 0.357. The number of carbonyl (C=O) groups excluding carboxylic acids is 2. The molecule has 1 N–H and O–H groups in total. The highest BCUT2D eigenvalue weighted by Gasteiger charge is 2.28. The number of ether oxygens (including phenoxy) is 1. The van der Waals surface area contributed by atoms with Crippen LogP contribution >= 0.6 is 0 Å². The van der Waals surface area contributed by atoms with Gasteiger partial charge in [-0.05, 0) is 12.1 Å². The van der Waals surface area contributed by atoms with E-state index in [1.807, 2.05) is 6.07 Å². The maximum atomic E-state index is 13.1. The molecule has 21 heavy (non-hydrogen) atoms. The minimum Gasteiger partial charge on any atom is -0.467 e. The molecule has 1 rings (SSSR count). The Kier molecular flexibility index (Phi) is 5.79. The SMILES string of the molecule is COC(=O)[C@@H](NC(=O)c1cc(F)cc(F)c1)[C@@H](C)CC#N. The molecular formula is C14H14F2N2O3. The Morgan fingerprint density at radius 1 is 1.33 bits per heavy atom. The number of nitriles is 1. The second-order valence-corrected chi connectivity index (χ2v) is 4.47. The van der Waals surface area contributed by atoms with Gasteiger partial charge in [0.2, 0.25) is 0 Å². The third-order valence-electron chi connectivity index (χ3n) is 2.85. The number of methoxy groups -OCH3 is 1. The van der Waals surface area contributed by atoms with Gasteiger partial charge in [0.05, 0.1) is 13.2 Å². The number of nitrogens with zero attached hydrogens (tertiary/aromatic N) is 1. The Labute approximate surface area is 120 Å². The molecule has 0 unspecified atom stereocenters. The lowest BCUT2D eigenvalue weighted by Crippen LogP contribution is -2.45. The van der Waals surface area contributed by atoms with E-state index in [9.17, 15) is 18.4 Å². The lowest BCUT2D eigenvalue weighted by atomic mass is 9.98. The Hall–Kier alpha value is -2.49. The summed E-state index contributed by atoms with van der Waals surface area (Å²) in [6.45, 7) is 1.58. The number of nitrogens with one attached hydrogen (secondary N) is 1. The molecule has 7 heteroatoms. The molecule has 112 valence electrons. The van der Waals surface area contributed by atoms with Crippen molar-refractivity contribution in [3.8, 4) is 6.07 Å². The van der Waals surface area contributed by atoms with Crippen molar-refractivity contribution in [1.82, 2.24) is 5.32 Å². The summed E-state index contributed by atoms with van der Waals surface area (Å²) in [5.74, 6) is -3.87. The van der Waals surface area contributed by atoms with Crippen LogP contribution in [0.1, 0.15) is 23.7 Å². The maximum absolute atomic E-state index is 13.1. The second-order valence-electron chi connectivity index (χ2n) is 4.47. The van der Waals surface area contributed by atoms with Gasteiger partial charge in [-0.25, -0.2) is 13.6 Å². The highest BCUT2D eigenvalue weighted by atomic mass is 19.1. The number of benzene rings is 1. The number of hydrogen-bond donors (Lipinski definition) is 1. The van der Waals surface area contributed by atoms with Gasteiger partial charge in [0, 0.05) is 24.0 Å². The molecular weight excluding hydrogens is 282 g/mol. The zero-order valence-electron chi connectivity index (χ0n) is 11.5. The van der Waals surface area contributed by atoms with Crippen LogP contribution in [0, 0.1) is 28.9 Å². The Balaban J connectivity index is 2.95. The molecule has 0 aliphatic rings. The first-order valence-electron chi connectivity index (χ1n) is 6.10.